The first-order valence-corrected chi connectivity index (χ1v) is 10.1. The SMILES string of the molecule is CC[C@@H](C)[C@H](NC(=O)CCCCC[NH3+])C(=O)Nc1ccc2c(c1)CCC2. The zero-order chi connectivity index (χ0) is 18.9. The fraction of sp³-hybridized carbons (Fsp3) is 0.619. The van der Waals surface area contributed by atoms with Gasteiger partial charge in [0.15, 0.2) is 0 Å². The maximum absolute atomic E-state index is 12.8. The van der Waals surface area contributed by atoms with Crippen LogP contribution in [0.1, 0.15) is 63.5 Å². The van der Waals surface area contributed by atoms with E-state index >= 15 is 0 Å². The Kier molecular flexibility index (Phi) is 8.10. The molecule has 0 heterocycles. The summed E-state index contributed by atoms with van der Waals surface area (Å²) in [4.78, 5) is 25.0. The van der Waals surface area contributed by atoms with Gasteiger partial charge in [-0.3, -0.25) is 9.59 Å². The van der Waals surface area contributed by atoms with E-state index in [0.29, 0.717) is 6.42 Å². The fourth-order valence-electron chi connectivity index (χ4n) is 3.46. The molecule has 0 aliphatic heterocycles. The third-order valence-corrected chi connectivity index (χ3v) is 5.33. The minimum atomic E-state index is -0.492. The summed E-state index contributed by atoms with van der Waals surface area (Å²) < 4.78 is 0. The van der Waals surface area contributed by atoms with Gasteiger partial charge >= 0.3 is 0 Å². The van der Waals surface area contributed by atoms with Gasteiger partial charge < -0.3 is 16.4 Å². The van der Waals surface area contributed by atoms with Gasteiger partial charge in [0.1, 0.15) is 6.04 Å². The highest BCUT2D eigenvalue weighted by molar-refractivity contribution is 5.97. The van der Waals surface area contributed by atoms with Crippen LogP contribution in [0.4, 0.5) is 5.69 Å². The number of carbonyl (C=O) groups excluding carboxylic acids is 2. The highest BCUT2D eigenvalue weighted by atomic mass is 16.2. The summed E-state index contributed by atoms with van der Waals surface area (Å²) in [5.74, 6) is -0.0694. The van der Waals surface area contributed by atoms with E-state index in [9.17, 15) is 9.59 Å². The lowest BCUT2D eigenvalue weighted by Gasteiger charge is -2.23. The molecule has 0 unspecified atom stereocenters. The second kappa shape index (κ2) is 10.3. The van der Waals surface area contributed by atoms with Gasteiger partial charge in [-0.15, -0.1) is 0 Å². The van der Waals surface area contributed by atoms with Crippen LogP contribution in [0, 0.1) is 5.92 Å². The molecular weight excluding hydrogens is 326 g/mol. The smallest absolute Gasteiger partial charge is 0.247 e. The van der Waals surface area contributed by atoms with Crippen LogP contribution >= 0.6 is 0 Å². The van der Waals surface area contributed by atoms with Gasteiger partial charge in [0.05, 0.1) is 6.54 Å². The average molecular weight is 361 g/mol. The Balaban J connectivity index is 1.94. The van der Waals surface area contributed by atoms with Crippen molar-refractivity contribution in [3.63, 3.8) is 0 Å². The van der Waals surface area contributed by atoms with Gasteiger partial charge in [-0.05, 0) is 67.7 Å². The second-order valence-corrected chi connectivity index (χ2v) is 7.42. The number of aryl methyl sites for hydroxylation is 2. The molecule has 0 bridgehead atoms. The molecule has 26 heavy (non-hydrogen) atoms. The van der Waals surface area contributed by atoms with Crippen molar-refractivity contribution in [3.8, 4) is 0 Å². The predicted molar refractivity (Wildman–Crippen MR) is 105 cm³/mol. The molecule has 2 amide bonds. The van der Waals surface area contributed by atoms with Crippen molar-refractivity contribution in [1.29, 1.82) is 0 Å². The Bertz CT molecular complexity index is 615. The Labute approximate surface area is 157 Å². The van der Waals surface area contributed by atoms with Crippen LogP contribution in [0.3, 0.4) is 0 Å². The molecule has 5 heteroatoms. The molecule has 1 aromatic rings. The first-order valence-electron chi connectivity index (χ1n) is 10.1. The molecule has 1 aromatic carbocycles. The first-order chi connectivity index (χ1) is 12.5. The summed E-state index contributed by atoms with van der Waals surface area (Å²) in [5.41, 5.74) is 7.36. The molecule has 0 spiro atoms. The third kappa shape index (κ3) is 5.84. The number of amides is 2. The van der Waals surface area contributed by atoms with Crippen molar-refractivity contribution >= 4 is 17.5 Å². The normalized spacial score (nSPS) is 15.2. The molecule has 0 saturated carbocycles. The first kappa shape index (κ1) is 20.4. The highest BCUT2D eigenvalue weighted by Gasteiger charge is 2.26. The number of hydrogen-bond acceptors (Lipinski definition) is 2. The van der Waals surface area contributed by atoms with Gasteiger partial charge in [-0.1, -0.05) is 26.3 Å². The number of carbonyl (C=O) groups is 2. The second-order valence-electron chi connectivity index (χ2n) is 7.42. The molecule has 1 aliphatic rings. The maximum atomic E-state index is 12.8. The number of hydrogen-bond donors (Lipinski definition) is 3. The number of nitrogens with one attached hydrogen (secondary N) is 2. The van der Waals surface area contributed by atoms with Crippen LogP contribution in [-0.4, -0.2) is 24.4 Å². The van der Waals surface area contributed by atoms with Gasteiger partial charge in [0.2, 0.25) is 11.8 Å². The molecule has 2 atom stereocenters. The van der Waals surface area contributed by atoms with Crippen LogP contribution < -0.4 is 16.4 Å². The minimum Gasteiger partial charge on any atom is -0.358 e. The van der Waals surface area contributed by atoms with E-state index in [0.717, 1.165) is 50.8 Å². The molecule has 0 fully saturated rings. The molecule has 2 rings (SSSR count). The van der Waals surface area contributed by atoms with E-state index in [4.69, 9.17) is 0 Å². The number of quaternary nitrogens is 1. The minimum absolute atomic E-state index is 0.0385. The summed E-state index contributed by atoms with van der Waals surface area (Å²) >= 11 is 0. The Morgan fingerprint density at radius 3 is 2.65 bits per heavy atom. The number of unbranched alkanes of at least 4 members (excludes halogenated alkanes) is 2. The van der Waals surface area contributed by atoms with E-state index in [1.807, 2.05) is 19.9 Å². The number of benzene rings is 1. The molecule has 5 nitrogen and oxygen atoms in total. The van der Waals surface area contributed by atoms with Gasteiger partial charge in [0, 0.05) is 12.1 Å². The van der Waals surface area contributed by atoms with Crippen LogP contribution in [0.15, 0.2) is 18.2 Å². The fourth-order valence-corrected chi connectivity index (χ4v) is 3.46. The molecule has 0 aromatic heterocycles. The predicted octanol–water partition coefficient (Wildman–Crippen LogP) is 2.45. The van der Waals surface area contributed by atoms with E-state index < -0.39 is 6.04 Å². The van der Waals surface area contributed by atoms with E-state index in [-0.39, 0.29) is 17.7 Å². The van der Waals surface area contributed by atoms with Crippen molar-refractivity contribution in [3.05, 3.63) is 29.3 Å². The average Bonchev–Trinajstić information content (AvgIpc) is 3.10. The van der Waals surface area contributed by atoms with Crippen molar-refractivity contribution in [2.75, 3.05) is 11.9 Å². The summed E-state index contributed by atoms with van der Waals surface area (Å²) in [6.45, 7) is 4.96. The standard InChI is InChI=1S/C21H33N3O2/c1-3-15(2)20(24-19(25)10-5-4-6-13-22)21(26)23-18-12-11-16-8-7-9-17(16)14-18/h11-12,14-15,20H,3-10,13,22H2,1-2H3,(H,23,26)(H,24,25)/p+1/t15-,20+/m1/s1. The van der Waals surface area contributed by atoms with Crippen LogP contribution in [-0.2, 0) is 22.4 Å². The monoisotopic (exact) mass is 360 g/mol. The molecule has 1 aliphatic carbocycles. The summed E-state index contributed by atoms with van der Waals surface area (Å²) in [5, 5.41) is 5.96. The highest BCUT2D eigenvalue weighted by Crippen LogP contribution is 2.25. The number of fused-ring (bicyclic) bond motifs is 1. The van der Waals surface area contributed by atoms with Crippen molar-refractivity contribution < 1.29 is 15.3 Å². The third-order valence-electron chi connectivity index (χ3n) is 5.33. The van der Waals surface area contributed by atoms with Crippen molar-refractivity contribution in [2.45, 2.75) is 71.3 Å². The Hall–Kier alpha value is -1.88. The lowest BCUT2D eigenvalue weighted by atomic mass is 9.97. The Morgan fingerprint density at radius 2 is 1.92 bits per heavy atom. The largest absolute Gasteiger partial charge is 0.358 e. The summed E-state index contributed by atoms with van der Waals surface area (Å²) in [7, 11) is 0. The lowest BCUT2D eigenvalue weighted by Crippen LogP contribution is -2.50. The zero-order valence-electron chi connectivity index (χ0n) is 16.3. The number of anilines is 1. The van der Waals surface area contributed by atoms with Crippen LogP contribution in [0.2, 0.25) is 0 Å². The lowest BCUT2D eigenvalue weighted by molar-refractivity contribution is -0.368. The van der Waals surface area contributed by atoms with E-state index in [2.05, 4.69) is 28.5 Å². The summed E-state index contributed by atoms with van der Waals surface area (Å²) in [6.07, 6.45) is 7.60. The van der Waals surface area contributed by atoms with Gasteiger partial charge in [-0.2, -0.15) is 0 Å². The van der Waals surface area contributed by atoms with Gasteiger partial charge in [0.25, 0.3) is 0 Å². The maximum Gasteiger partial charge on any atom is 0.247 e. The van der Waals surface area contributed by atoms with Crippen molar-refractivity contribution in [1.82, 2.24) is 5.32 Å². The van der Waals surface area contributed by atoms with Gasteiger partial charge in [-0.25, -0.2) is 0 Å². The van der Waals surface area contributed by atoms with Crippen LogP contribution in [0.5, 0.6) is 0 Å². The number of rotatable bonds is 10. The van der Waals surface area contributed by atoms with E-state index in [1.54, 1.807) is 0 Å². The van der Waals surface area contributed by atoms with Crippen LogP contribution in [0.25, 0.3) is 0 Å². The molecule has 5 N–H and O–H groups in total. The van der Waals surface area contributed by atoms with E-state index in [1.165, 1.54) is 17.5 Å². The Morgan fingerprint density at radius 1 is 1.15 bits per heavy atom. The quantitative estimate of drug-likeness (QED) is 0.560. The molecule has 0 radical (unpaired) electrons. The topological polar surface area (TPSA) is 85.8 Å². The molecule has 144 valence electrons. The van der Waals surface area contributed by atoms with Crippen molar-refractivity contribution in [2.24, 2.45) is 5.92 Å². The molecular formula is C21H34N3O2+. The zero-order valence-corrected chi connectivity index (χ0v) is 16.3. The summed E-state index contributed by atoms with van der Waals surface area (Å²) in [6, 6.07) is 5.66. The molecule has 0 saturated heterocycles.